The quantitative estimate of drug-likeness (QED) is 0.782. The molecular formula is C8H13ClN2O2S2. The minimum atomic E-state index is -3.69. The fraction of sp³-hybridized carbons (Fsp3) is 0.625. The predicted octanol–water partition coefficient (Wildman–Crippen LogP) is 1.79. The Labute approximate surface area is 98.4 Å². The van der Waals surface area contributed by atoms with Gasteiger partial charge in [-0.05, 0) is 20.1 Å². The zero-order valence-electron chi connectivity index (χ0n) is 8.82. The van der Waals surface area contributed by atoms with Crippen molar-refractivity contribution in [1.29, 1.82) is 0 Å². The van der Waals surface area contributed by atoms with Crippen LogP contribution in [-0.2, 0) is 15.6 Å². The van der Waals surface area contributed by atoms with Gasteiger partial charge in [0.1, 0.15) is 4.90 Å². The van der Waals surface area contributed by atoms with Crippen molar-refractivity contribution in [2.45, 2.75) is 25.3 Å². The van der Waals surface area contributed by atoms with E-state index >= 15 is 0 Å². The Morgan fingerprint density at radius 3 is 2.47 bits per heavy atom. The first-order chi connectivity index (χ1) is 6.88. The molecular weight excluding hydrogens is 256 g/mol. The second kappa shape index (κ2) is 4.76. The first-order valence-corrected chi connectivity index (χ1v) is 8.06. The Hall–Kier alpha value is -0.200. The van der Waals surface area contributed by atoms with E-state index in [2.05, 4.69) is 5.10 Å². The molecule has 0 N–H and O–H groups in total. The normalized spacial score (nSPS) is 12.0. The molecule has 1 aromatic rings. The van der Waals surface area contributed by atoms with Crippen molar-refractivity contribution in [3.63, 3.8) is 0 Å². The van der Waals surface area contributed by atoms with Crippen molar-refractivity contribution in [2.75, 3.05) is 12.0 Å². The van der Waals surface area contributed by atoms with Gasteiger partial charge in [0.2, 0.25) is 0 Å². The minimum Gasteiger partial charge on any atom is -0.267 e. The van der Waals surface area contributed by atoms with Crippen LogP contribution in [0.1, 0.15) is 11.4 Å². The predicted molar refractivity (Wildman–Crippen MR) is 63.1 cm³/mol. The van der Waals surface area contributed by atoms with Gasteiger partial charge in [-0.2, -0.15) is 16.9 Å². The maximum atomic E-state index is 11.3. The molecule has 1 rings (SSSR count). The fourth-order valence-electron chi connectivity index (χ4n) is 1.43. The van der Waals surface area contributed by atoms with Crippen LogP contribution in [0.3, 0.4) is 0 Å². The SMILES string of the molecule is CSCCn1nc(C)c(S(=O)(=O)Cl)c1C. The van der Waals surface area contributed by atoms with Gasteiger partial charge in [0, 0.05) is 16.4 Å². The van der Waals surface area contributed by atoms with E-state index in [1.54, 1.807) is 30.3 Å². The van der Waals surface area contributed by atoms with Gasteiger partial charge in [-0.1, -0.05) is 0 Å². The average Bonchev–Trinajstić information content (AvgIpc) is 2.36. The van der Waals surface area contributed by atoms with Crippen LogP contribution in [0.25, 0.3) is 0 Å². The van der Waals surface area contributed by atoms with Crippen molar-refractivity contribution in [3.8, 4) is 0 Å². The molecule has 0 aromatic carbocycles. The molecule has 0 saturated heterocycles. The molecule has 1 aromatic heterocycles. The summed E-state index contributed by atoms with van der Waals surface area (Å²) < 4.78 is 24.2. The molecule has 0 atom stereocenters. The summed E-state index contributed by atoms with van der Waals surface area (Å²) in [5.74, 6) is 0.893. The van der Waals surface area contributed by atoms with Crippen LogP contribution >= 0.6 is 22.4 Å². The van der Waals surface area contributed by atoms with E-state index in [1.807, 2.05) is 6.26 Å². The molecule has 0 amide bonds. The van der Waals surface area contributed by atoms with Crippen LogP contribution in [0.5, 0.6) is 0 Å². The second-order valence-corrected chi connectivity index (χ2v) is 6.64. The van der Waals surface area contributed by atoms with E-state index in [4.69, 9.17) is 10.7 Å². The smallest absolute Gasteiger partial charge is 0.264 e. The third-order valence-electron chi connectivity index (χ3n) is 2.07. The van der Waals surface area contributed by atoms with Gasteiger partial charge >= 0.3 is 0 Å². The Morgan fingerprint density at radius 1 is 1.47 bits per heavy atom. The van der Waals surface area contributed by atoms with Crippen LogP contribution in [-0.4, -0.2) is 30.2 Å². The lowest BCUT2D eigenvalue weighted by Gasteiger charge is -2.02. The molecule has 0 spiro atoms. The molecule has 4 nitrogen and oxygen atoms in total. The Morgan fingerprint density at radius 2 is 2.07 bits per heavy atom. The summed E-state index contributed by atoms with van der Waals surface area (Å²) in [5, 5.41) is 4.15. The highest BCUT2D eigenvalue weighted by Gasteiger charge is 2.21. The Bertz CT molecular complexity index is 453. The number of rotatable bonds is 4. The minimum absolute atomic E-state index is 0.144. The van der Waals surface area contributed by atoms with E-state index < -0.39 is 9.05 Å². The fourth-order valence-corrected chi connectivity index (χ4v) is 3.31. The zero-order chi connectivity index (χ0) is 11.6. The van der Waals surface area contributed by atoms with Gasteiger partial charge in [0.05, 0.1) is 17.9 Å². The molecule has 15 heavy (non-hydrogen) atoms. The largest absolute Gasteiger partial charge is 0.267 e. The molecule has 0 aliphatic heterocycles. The molecule has 0 aliphatic rings. The molecule has 86 valence electrons. The van der Waals surface area contributed by atoms with Gasteiger partial charge in [0.15, 0.2) is 0 Å². The van der Waals surface area contributed by atoms with Crippen molar-refractivity contribution in [3.05, 3.63) is 11.4 Å². The monoisotopic (exact) mass is 268 g/mol. The van der Waals surface area contributed by atoms with E-state index in [-0.39, 0.29) is 4.90 Å². The summed E-state index contributed by atoms with van der Waals surface area (Å²) in [7, 11) is 1.64. The first-order valence-electron chi connectivity index (χ1n) is 4.35. The van der Waals surface area contributed by atoms with Crippen LogP contribution in [0.15, 0.2) is 4.90 Å². The Kier molecular flexibility index (Phi) is 4.08. The summed E-state index contributed by atoms with van der Waals surface area (Å²) in [4.78, 5) is 0.144. The lowest BCUT2D eigenvalue weighted by atomic mass is 10.4. The van der Waals surface area contributed by atoms with E-state index in [0.717, 1.165) is 5.75 Å². The van der Waals surface area contributed by atoms with Crippen LogP contribution in [0, 0.1) is 13.8 Å². The number of aromatic nitrogens is 2. The topological polar surface area (TPSA) is 52.0 Å². The van der Waals surface area contributed by atoms with E-state index in [1.165, 1.54) is 0 Å². The highest BCUT2D eigenvalue weighted by atomic mass is 35.7. The zero-order valence-corrected chi connectivity index (χ0v) is 11.2. The standard InChI is InChI=1S/C8H13ClN2O2S2/c1-6-8(15(9,12)13)7(2)11(10-6)4-5-14-3/h4-5H2,1-3H3. The van der Waals surface area contributed by atoms with Gasteiger partial charge < -0.3 is 0 Å². The van der Waals surface area contributed by atoms with Crippen molar-refractivity contribution in [1.82, 2.24) is 9.78 Å². The van der Waals surface area contributed by atoms with E-state index in [9.17, 15) is 8.42 Å². The number of hydrogen-bond acceptors (Lipinski definition) is 4. The summed E-state index contributed by atoms with van der Waals surface area (Å²) in [6.45, 7) is 4.06. The van der Waals surface area contributed by atoms with Crippen LogP contribution in [0.2, 0.25) is 0 Å². The van der Waals surface area contributed by atoms with Crippen LogP contribution < -0.4 is 0 Å². The van der Waals surface area contributed by atoms with E-state index in [0.29, 0.717) is 17.9 Å². The molecule has 0 bridgehead atoms. The maximum absolute atomic E-state index is 11.3. The lowest BCUT2D eigenvalue weighted by Crippen LogP contribution is -2.05. The third-order valence-corrected chi connectivity index (χ3v) is 4.20. The van der Waals surface area contributed by atoms with Crippen molar-refractivity contribution >= 4 is 31.5 Å². The molecule has 0 saturated carbocycles. The summed E-state index contributed by atoms with van der Waals surface area (Å²) in [5.41, 5.74) is 1.07. The Balaban J connectivity index is 3.15. The summed E-state index contributed by atoms with van der Waals surface area (Å²) in [6.07, 6.45) is 1.99. The maximum Gasteiger partial charge on any atom is 0.264 e. The van der Waals surface area contributed by atoms with Crippen molar-refractivity contribution in [2.24, 2.45) is 0 Å². The number of thioether (sulfide) groups is 1. The number of hydrogen-bond donors (Lipinski definition) is 0. The highest BCUT2D eigenvalue weighted by Crippen LogP contribution is 2.23. The van der Waals surface area contributed by atoms with Gasteiger partial charge in [-0.3, -0.25) is 4.68 Å². The molecule has 1 heterocycles. The molecule has 0 aliphatic carbocycles. The first kappa shape index (κ1) is 12.9. The third kappa shape index (κ3) is 2.89. The van der Waals surface area contributed by atoms with Crippen LogP contribution in [0.4, 0.5) is 0 Å². The number of nitrogens with zero attached hydrogens (tertiary/aromatic N) is 2. The number of halogens is 1. The second-order valence-electron chi connectivity index (χ2n) is 3.15. The summed E-state index contributed by atoms with van der Waals surface area (Å²) in [6, 6.07) is 0. The summed E-state index contributed by atoms with van der Waals surface area (Å²) >= 11 is 1.68. The van der Waals surface area contributed by atoms with Gasteiger partial charge in [-0.15, -0.1) is 0 Å². The molecule has 7 heteroatoms. The van der Waals surface area contributed by atoms with Gasteiger partial charge in [-0.25, -0.2) is 8.42 Å². The number of aryl methyl sites for hydroxylation is 2. The molecule has 0 radical (unpaired) electrons. The van der Waals surface area contributed by atoms with Crippen molar-refractivity contribution < 1.29 is 8.42 Å². The highest BCUT2D eigenvalue weighted by molar-refractivity contribution is 8.13. The lowest BCUT2D eigenvalue weighted by molar-refractivity contribution is 0.606. The molecule has 0 fully saturated rings. The average molecular weight is 269 g/mol. The molecule has 0 unspecified atom stereocenters. The van der Waals surface area contributed by atoms with Gasteiger partial charge in [0.25, 0.3) is 9.05 Å².